The average molecular weight is 265 g/mol. The molecule has 0 aromatic carbocycles. The third-order valence-corrected chi connectivity index (χ3v) is 5.71. The molecule has 0 aliphatic carbocycles. The highest BCUT2D eigenvalue weighted by Gasteiger charge is 2.39. The van der Waals surface area contributed by atoms with Crippen LogP contribution in [0.25, 0.3) is 0 Å². The molecule has 1 aromatic heterocycles. The summed E-state index contributed by atoms with van der Waals surface area (Å²) in [4.78, 5) is 8.81. The number of anilines is 1. The number of fused-ring (bicyclic) bond motifs is 2. The van der Waals surface area contributed by atoms with Gasteiger partial charge in [-0.05, 0) is 53.0 Å². The maximum absolute atomic E-state index is 4.79. The zero-order valence-corrected chi connectivity index (χ0v) is 12.4. The monoisotopic (exact) mass is 265 g/mol. The van der Waals surface area contributed by atoms with Crippen molar-refractivity contribution in [2.75, 3.05) is 11.9 Å². The van der Waals surface area contributed by atoms with E-state index >= 15 is 0 Å². The van der Waals surface area contributed by atoms with E-state index in [0.29, 0.717) is 18.1 Å². The van der Waals surface area contributed by atoms with Crippen molar-refractivity contribution in [3.05, 3.63) is 10.6 Å². The Morgan fingerprint density at radius 1 is 1.22 bits per heavy atom. The van der Waals surface area contributed by atoms with Crippen LogP contribution in [-0.4, -0.2) is 30.2 Å². The number of thiazole rings is 1. The van der Waals surface area contributed by atoms with Crippen molar-refractivity contribution in [2.45, 2.75) is 64.1 Å². The highest BCUT2D eigenvalue weighted by Crippen LogP contribution is 2.39. The van der Waals surface area contributed by atoms with E-state index in [9.17, 15) is 0 Å². The summed E-state index contributed by atoms with van der Waals surface area (Å²) in [5, 5.41) is 4.75. The number of hydrogen-bond acceptors (Lipinski definition) is 4. The number of aryl methyl sites for hydroxylation is 2. The molecule has 2 aliphatic heterocycles. The van der Waals surface area contributed by atoms with Crippen LogP contribution in [0.1, 0.15) is 42.7 Å². The first-order chi connectivity index (χ1) is 8.69. The van der Waals surface area contributed by atoms with Crippen LogP contribution < -0.4 is 10.2 Å². The molecule has 2 saturated heterocycles. The van der Waals surface area contributed by atoms with E-state index < -0.39 is 0 Å². The number of piperidine rings is 2. The normalized spacial score (nSPS) is 31.7. The van der Waals surface area contributed by atoms with E-state index in [0.717, 1.165) is 0 Å². The fraction of sp³-hybridized carbons (Fsp3) is 0.786. The second-order valence-corrected chi connectivity index (χ2v) is 6.92. The van der Waals surface area contributed by atoms with Crippen LogP contribution in [0.15, 0.2) is 0 Å². The molecule has 1 aromatic rings. The molecule has 3 nitrogen and oxygen atoms in total. The molecule has 0 spiro atoms. The molecular formula is C14H23N3S. The highest BCUT2D eigenvalue weighted by atomic mass is 32.1. The molecule has 1 N–H and O–H groups in total. The largest absolute Gasteiger partial charge is 0.342 e. The van der Waals surface area contributed by atoms with Gasteiger partial charge in [-0.3, -0.25) is 0 Å². The summed E-state index contributed by atoms with van der Waals surface area (Å²) in [6.07, 6.45) is 6.64. The maximum atomic E-state index is 4.79. The van der Waals surface area contributed by atoms with Gasteiger partial charge in [-0.15, -0.1) is 11.3 Å². The average Bonchev–Trinajstić information content (AvgIpc) is 2.67. The van der Waals surface area contributed by atoms with Gasteiger partial charge in [-0.25, -0.2) is 4.98 Å². The predicted octanol–water partition coefficient (Wildman–Crippen LogP) is 2.87. The lowest BCUT2D eigenvalue weighted by Crippen LogP contribution is -2.56. The van der Waals surface area contributed by atoms with Gasteiger partial charge < -0.3 is 10.2 Å². The van der Waals surface area contributed by atoms with Gasteiger partial charge in [0.1, 0.15) is 0 Å². The molecule has 0 amide bonds. The Kier molecular flexibility index (Phi) is 3.32. The number of rotatable bonds is 2. The van der Waals surface area contributed by atoms with Crippen molar-refractivity contribution in [1.29, 1.82) is 0 Å². The highest BCUT2D eigenvalue weighted by molar-refractivity contribution is 7.15. The van der Waals surface area contributed by atoms with Crippen LogP contribution in [0.4, 0.5) is 5.13 Å². The van der Waals surface area contributed by atoms with Gasteiger partial charge in [0.25, 0.3) is 0 Å². The van der Waals surface area contributed by atoms with Crippen LogP contribution >= 0.6 is 11.3 Å². The minimum Gasteiger partial charge on any atom is -0.342 e. The molecule has 18 heavy (non-hydrogen) atoms. The summed E-state index contributed by atoms with van der Waals surface area (Å²) in [5.41, 5.74) is 1.21. The van der Waals surface area contributed by atoms with Crippen LogP contribution in [-0.2, 0) is 0 Å². The lowest BCUT2D eigenvalue weighted by Gasteiger charge is -2.49. The summed E-state index contributed by atoms with van der Waals surface area (Å²) < 4.78 is 0. The lowest BCUT2D eigenvalue weighted by molar-refractivity contribution is 0.252. The van der Waals surface area contributed by atoms with E-state index in [1.807, 2.05) is 11.3 Å². The third-order valence-electron chi connectivity index (χ3n) is 4.62. The SMILES string of the molecule is CNC1CC2CCCC(C1)N2c1nc(C)c(C)s1. The van der Waals surface area contributed by atoms with Crippen LogP contribution in [0.3, 0.4) is 0 Å². The molecule has 2 aliphatic rings. The molecule has 2 bridgehead atoms. The fourth-order valence-electron chi connectivity index (χ4n) is 3.50. The summed E-state index contributed by atoms with van der Waals surface area (Å²) in [7, 11) is 2.10. The quantitative estimate of drug-likeness (QED) is 0.891. The van der Waals surface area contributed by atoms with Crippen molar-refractivity contribution in [1.82, 2.24) is 10.3 Å². The molecule has 100 valence electrons. The zero-order valence-electron chi connectivity index (χ0n) is 11.6. The topological polar surface area (TPSA) is 28.2 Å². The van der Waals surface area contributed by atoms with Crippen molar-refractivity contribution in [2.24, 2.45) is 0 Å². The van der Waals surface area contributed by atoms with E-state index in [-0.39, 0.29) is 0 Å². The molecular weight excluding hydrogens is 242 g/mol. The van der Waals surface area contributed by atoms with Gasteiger partial charge in [0.05, 0.1) is 5.69 Å². The molecule has 4 heteroatoms. The minimum absolute atomic E-state index is 0.707. The smallest absolute Gasteiger partial charge is 0.186 e. The van der Waals surface area contributed by atoms with Gasteiger partial charge in [0.15, 0.2) is 5.13 Å². The molecule has 2 fully saturated rings. The van der Waals surface area contributed by atoms with Crippen molar-refractivity contribution in [3.8, 4) is 0 Å². The Morgan fingerprint density at radius 2 is 1.89 bits per heavy atom. The fourth-order valence-corrected chi connectivity index (χ4v) is 4.55. The third kappa shape index (κ3) is 2.05. The van der Waals surface area contributed by atoms with Crippen LogP contribution in [0.5, 0.6) is 0 Å². The van der Waals surface area contributed by atoms with Crippen molar-refractivity contribution in [3.63, 3.8) is 0 Å². The van der Waals surface area contributed by atoms with Gasteiger partial charge in [0.2, 0.25) is 0 Å². The van der Waals surface area contributed by atoms with Gasteiger partial charge >= 0.3 is 0 Å². The number of aromatic nitrogens is 1. The maximum Gasteiger partial charge on any atom is 0.186 e. The Labute approximate surface area is 114 Å². The second-order valence-electron chi connectivity index (χ2n) is 5.74. The Bertz CT molecular complexity index is 395. The van der Waals surface area contributed by atoms with Crippen LogP contribution in [0.2, 0.25) is 0 Å². The molecule has 2 unspecified atom stereocenters. The Hall–Kier alpha value is -0.610. The zero-order chi connectivity index (χ0) is 12.7. The van der Waals surface area contributed by atoms with E-state index in [1.54, 1.807) is 0 Å². The Morgan fingerprint density at radius 3 is 2.39 bits per heavy atom. The second kappa shape index (κ2) is 4.82. The van der Waals surface area contributed by atoms with Gasteiger partial charge in [-0.1, -0.05) is 0 Å². The summed E-state index contributed by atoms with van der Waals surface area (Å²) in [6.45, 7) is 4.32. The number of hydrogen-bond donors (Lipinski definition) is 1. The van der Waals surface area contributed by atoms with Crippen molar-refractivity contribution >= 4 is 16.5 Å². The molecule has 0 radical (unpaired) electrons. The van der Waals surface area contributed by atoms with Crippen molar-refractivity contribution < 1.29 is 0 Å². The first kappa shape index (κ1) is 12.4. The number of nitrogens with zero attached hydrogens (tertiary/aromatic N) is 2. The first-order valence-electron chi connectivity index (χ1n) is 7.08. The summed E-state index contributed by atoms with van der Waals surface area (Å²) in [5.74, 6) is 0. The lowest BCUT2D eigenvalue weighted by atomic mass is 9.82. The summed E-state index contributed by atoms with van der Waals surface area (Å²) in [6, 6.07) is 2.12. The van der Waals surface area contributed by atoms with E-state index in [4.69, 9.17) is 4.98 Å². The standard InChI is InChI=1S/C14H23N3S/c1-9-10(2)18-14(16-9)17-12-5-4-6-13(17)8-11(7-12)15-3/h11-13,15H,4-8H2,1-3H3. The Balaban J connectivity index is 1.87. The van der Waals surface area contributed by atoms with Gasteiger partial charge in [-0.2, -0.15) is 0 Å². The van der Waals surface area contributed by atoms with E-state index in [2.05, 4.69) is 31.1 Å². The minimum atomic E-state index is 0.707. The van der Waals surface area contributed by atoms with E-state index in [1.165, 1.54) is 47.8 Å². The molecule has 2 atom stereocenters. The van der Waals surface area contributed by atoms with Crippen LogP contribution in [0, 0.1) is 13.8 Å². The number of nitrogens with one attached hydrogen (secondary N) is 1. The molecule has 0 saturated carbocycles. The molecule has 3 rings (SSSR count). The predicted molar refractivity (Wildman–Crippen MR) is 77.6 cm³/mol. The summed E-state index contributed by atoms with van der Waals surface area (Å²) >= 11 is 1.88. The van der Waals surface area contributed by atoms with Gasteiger partial charge in [0, 0.05) is 23.0 Å². The first-order valence-corrected chi connectivity index (χ1v) is 7.90. The molecule has 3 heterocycles.